The molecule has 3 aromatic rings. The molecule has 28 heavy (non-hydrogen) atoms. The number of aromatic hydroxyl groups is 1. The first-order valence-corrected chi connectivity index (χ1v) is 9.54. The third kappa shape index (κ3) is 4.86. The lowest BCUT2D eigenvalue weighted by Crippen LogP contribution is -2.19. The van der Waals surface area contributed by atoms with Gasteiger partial charge >= 0.3 is 0 Å². The van der Waals surface area contributed by atoms with Gasteiger partial charge < -0.3 is 5.11 Å². The summed E-state index contributed by atoms with van der Waals surface area (Å²) in [5, 5.41) is 26.4. The molecule has 2 N–H and O–H groups in total. The van der Waals surface area contributed by atoms with Gasteiger partial charge in [0, 0.05) is 23.4 Å². The summed E-state index contributed by atoms with van der Waals surface area (Å²) in [5.74, 6) is 0.557. The van der Waals surface area contributed by atoms with Crippen molar-refractivity contribution in [2.45, 2.75) is 5.75 Å². The van der Waals surface area contributed by atoms with Crippen LogP contribution in [-0.4, -0.2) is 27.9 Å². The number of nitro benzene ring substituents is 1. The average molecular weight is 395 g/mol. The molecule has 0 fully saturated rings. The van der Waals surface area contributed by atoms with E-state index in [0.717, 1.165) is 16.3 Å². The van der Waals surface area contributed by atoms with Crippen LogP contribution in [0, 0.1) is 10.1 Å². The second kappa shape index (κ2) is 9.01. The molecule has 142 valence electrons. The highest BCUT2D eigenvalue weighted by Crippen LogP contribution is 2.25. The van der Waals surface area contributed by atoms with Crippen molar-refractivity contribution >= 4 is 40.3 Å². The summed E-state index contributed by atoms with van der Waals surface area (Å²) in [6.07, 6.45) is 1.43. The van der Waals surface area contributed by atoms with Crippen LogP contribution in [0.2, 0.25) is 0 Å². The molecule has 0 spiro atoms. The van der Waals surface area contributed by atoms with Gasteiger partial charge in [0.05, 0.1) is 16.9 Å². The zero-order valence-electron chi connectivity index (χ0n) is 14.7. The summed E-state index contributed by atoms with van der Waals surface area (Å²) in [5.41, 5.74) is 3.92. The summed E-state index contributed by atoms with van der Waals surface area (Å²) in [6, 6.07) is 17.2. The minimum absolute atomic E-state index is 0.0394. The summed E-state index contributed by atoms with van der Waals surface area (Å²) in [4.78, 5) is 22.1. The number of amides is 1. The molecule has 8 heteroatoms. The van der Waals surface area contributed by atoms with Crippen LogP contribution in [0.1, 0.15) is 11.1 Å². The number of phenolic OH excluding ortho intramolecular Hbond substituents is 1. The van der Waals surface area contributed by atoms with Gasteiger partial charge in [-0.25, -0.2) is 5.43 Å². The number of benzene rings is 3. The van der Waals surface area contributed by atoms with Crippen LogP contribution >= 0.6 is 11.8 Å². The highest BCUT2D eigenvalue weighted by molar-refractivity contribution is 7.99. The SMILES string of the molecule is O=C(CSCc1ccc([N+](=O)[O-])cc1)N/N=C\c1c(O)ccc2ccccc12. The van der Waals surface area contributed by atoms with Gasteiger partial charge in [0.25, 0.3) is 5.69 Å². The number of carbonyl (C=O) groups is 1. The van der Waals surface area contributed by atoms with E-state index < -0.39 is 4.92 Å². The molecule has 3 rings (SSSR count). The molecule has 7 nitrogen and oxygen atoms in total. The number of non-ortho nitro benzene ring substituents is 1. The van der Waals surface area contributed by atoms with Crippen LogP contribution in [0.15, 0.2) is 65.8 Å². The molecule has 3 aromatic carbocycles. The predicted octanol–water partition coefficient (Wildman–Crippen LogP) is 3.84. The lowest BCUT2D eigenvalue weighted by molar-refractivity contribution is -0.384. The summed E-state index contributed by atoms with van der Waals surface area (Å²) < 4.78 is 0. The molecule has 0 bridgehead atoms. The fourth-order valence-corrected chi connectivity index (χ4v) is 3.38. The molecule has 0 aromatic heterocycles. The van der Waals surface area contributed by atoms with E-state index in [1.165, 1.54) is 30.1 Å². The fraction of sp³-hybridized carbons (Fsp3) is 0.100. The first kappa shape index (κ1) is 19.4. The molecule has 1 amide bonds. The van der Waals surface area contributed by atoms with Gasteiger partial charge in [0.1, 0.15) is 5.75 Å². The van der Waals surface area contributed by atoms with E-state index in [-0.39, 0.29) is 23.1 Å². The Balaban J connectivity index is 1.52. The number of hydrogen-bond acceptors (Lipinski definition) is 6. The Kier molecular flexibility index (Phi) is 6.23. The molecule has 0 unspecified atom stereocenters. The quantitative estimate of drug-likeness (QED) is 0.359. The number of nitrogens with zero attached hydrogens (tertiary/aromatic N) is 2. The molecule has 0 heterocycles. The van der Waals surface area contributed by atoms with Gasteiger partial charge in [0.15, 0.2) is 0 Å². The lowest BCUT2D eigenvalue weighted by atomic mass is 10.0. The molecule has 0 aliphatic heterocycles. The van der Waals surface area contributed by atoms with Gasteiger partial charge in [-0.2, -0.15) is 5.10 Å². The number of rotatable bonds is 7. The Labute approximate surface area is 165 Å². The molecule has 0 atom stereocenters. The normalized spacial score (nSPS) is 11.0. The Hall–Kier alpha value is -3.39. The summed E-state index contributed by atoms with van der Waals surface area (Å²) in [6.45, 7) is 0. The summed E-state index contributed by atoms with van der Waals surface area (Å²) >= 11 is 1.38. The van der Waals surface area contributed by atoms with Crippen LogP contribution < -0.4 is 5.43 Å². The average Bonchev–Trinajstić information content (AvgIpc) is 2.70. The van der Waals surface area contributed by atoms with Crippen LogP contribution in [0.3, 0.4) is 0 Å². The number of carbonyl (C=O) groups excluding carboxylic acids is 1. The van der Waals surface area contributed by atoms with Gasteiger partial charge in [0.2, 0.25) is 5.91 Å². The van der Waals surface area contributed by atoms with Crippen molar-refractivity contribution in [2.24, 2.45) is 5.10 Å². The number of thioether (sulfide) groups is 1. The van der Waals surface area contributed by atoms with Gasteiger partial charge in [-0.3, -0.25) is 14.9 Å². The predicted molar refractivity (Wildman–Crippen MR) is 111 cm³/mol. The van der Waals surface area contributed by atoms with Crippen molar-refractivity contribution < 1.29 is 14.8 Å². The van der Waals surface area contributed by atoms with Crippen molar-refractivity contribution in [1.82, 2.24) is 5.43 Å². The third-order valence-electron chi connectivity index (χ3n) is 3.98. The zero-order chi connectivity index (χ0) is 19.9. The first-order chi connectivity index (χ1) is 13.5. The number of nitrogens with one attached hydrogen (secondary N) is 1. The Morgan fingerprint density at radius 1 is 1.14 bits per heavy atom. The Bertz CT molecular complexity index is 1040. The van der Waals surface area contributed by atoms with E-state index >= 15 is 0 Å². The second-order valence-electron chi connectivity index (χ2n) is 5.93. The minimum atomic E-state index is -0.448. The largest absolute Gasteiger partial charge is 0.507 e. The Morgan fingerprint density at radius 3 is 2.64 bits per heavy atom. The molecule has 0 aliphatic carbocycles. The highest BCUT2D eigenvalue weighted by atomic mass is 32.2. The van der Waals surface area contributed by atoms with Crippen molar-refractivity contribution in [3.63, 3.8) is 0 Å². The van der Waals surface area contributed by atoms with Gasteiger partial charge in [-0.1, -0.05) is 42.5 Å². The van der Waals surface area contributed by atoms with E-state index in [1.54, 1.807) is 18.2 Å². The summed E-state index contributed by atoms with van der Waals surface area (Å²) in [7, 11) is 0. The molecular formula is C20H17N3O4S. The van der Waals surface area contributed by atoms with Crippen LogP contribution in [0.5, 0.6) is 5.75 Å². The number of hydrogen-bond donors (Lipinski definition) is 2. The minimum Gasteiger partial charge on any atom is -0.507 e. The van der Waals surface area contributed by atoms with Crippen molar-refractivity contribution in [2.75, 3.05) is 5.75 Å². The van der Waals surface area contributed by atoms with E-state index in [9.17, 15) is 20.0 Å². The van der Waals surface area contributed by atoms with Crippen LogP contribution in [0.25, 0.3) is 10.8 Å². The van der Waals surface area contributed by atoms with Crippen LogP contribution in [0.4, 0.5) is 5.69 Å². The van der Waals surface area contributed by atoms with Crippen molar-refractivity contribution in [3.05, 3.63) is 81.9 Å². The molecular weight excluding hydrogens is 378 g/mol. The van der Waals surface area contributed by atoms with E-state index in [1.807, 2.05) is 30.3 Å². The maximum atomic E-state index is 11.9. The fourth-order valence-electron chi connectivity index (χ4n) is 2.60. The van der Waals surface area contributed by atoms with Gasteiger partial charge in [-0.05, 0) is 22.4 Å². The Morgan fingerprint density at radius 2 is 1.89 bits per heavy atom. The lowest BCUT2D eigenvalue weighted by Gasteiger charge is -2.05. The van der Waals surface area contributed by atoms with Crippen molar-refractivity contribution in [1.29, 1.82) is 0 Å². The second-order valence-corrected chi connectivity index (χ2v) is 6.91. The maximum absolute atomic E-state index is 11.9. The third-order valence-corrected chi connectivity index (χ3v) is 4.98. The zero-order valence-corrected chi connectivity index (χ0v) is 15.6. The maximum Gasteiger partial charge on any atom is 0.269 e. The number of nitro groups is 1. The molecule has 0 saturated heterocycles. The highest BCUT2D eigenvalue weighted by Gasteiger charge is 2.06. The van der Waals surface area contributed by atoms with E-state index in [0.29, 0.717) is 11.3 Å². The monoisotopic (exact) mass is 395 g/mol. The smallest absolute Gasteiger partial charge is 0.269 e. The van der Waals surface area contributed by atoms with Crippen molar-refractivity contribution in [3.8, 4) is 5.75 Å². The molecule has 0 radical (unpaired) electrons. The van der Waals surface area contributed by atoms with Gasteiger partial charge in [-0.15, -0.1) is 11.8 Å². The topological polar surface area (TPSA) is 105 Å². The van der Waals surface area contributed by atoms with E-state index in [2.05, 4.69) is 10.5 Å². The molecule has 0 aliphatic rings. The van der Waals surface area contributed by atoms with E-state index in [4.69, 9.17) is 0 Å². The first-order valence-electron chi connectivity index (χ1n) is 8.38. The number of fused-ring (bicyclic) bond motifs is 1. The standard InChI is InChI=1S/C20H17N3O4S/c24-19-10-7-15-3-1-2-4-17(15)18(19)11-21-22-20(25)13-28-12-14-5-8-16(9-6-14)23(26)27/h1-11,24H,12-13H2,(H,22,25)/b21-11-. The molecule has 0 saturated carbocycles. The number of phenols is 1. The number of hydrazone groups is 1. The van der Waals surface area contributed by atoms with Crippen LogP contribution in [-0.2, 0) is 10.5 Å².